The summed E-state index contributed by atoms with van der Waals surface area (Å²) in [4.78, 5) is 2.02. The first kappa shape index (κ1) is 13.8. The Morgan fingerprint density at radius 3 is 2.32 bits per heavy atom. The van der Waals surface area contributed by atoms with E-state index in [1.165, 1.54) is 12.1 Å². The summed E-state index contributed by atoms with van der Waals surface area (Å²) in [6.07, 6.45) is 0. The molecule has 0 atom stereocenters. The molecule has 2 N–H and O–H groups in total. The van der Waals surface area contributed by atoms with E-state index in [0.717, 1.165) is 16.8 Å². The van der Waals surface area contributed by atoms with Gasteiger partial charge >= 0.3 is 0 Å². The molecule has 0 heterocycles. The first-order chi connectivity index (χ1) is 9.10. The molecule has 2 rings (SSSR count). The van der Waals surface area contributed by atoms with Gasteiger partial charge in [0.2, 0.25) is 0 Å². The number of anilines is 1. The third-order valence-corrected chi connectivity index (χ3v) is 3.29. The van der Waals surface area contributed by atoms with Crippen LogP contribution in [0.5, 0.6) is 0 Å². The molecular formula is C15H16ClFN2. The predicted octanol–water partition coefficient (Wildman–Crippen LogP) is 3.57. The summed E-state index contributed by atoms with van der Waals surface area (Å²) in [5.41, 5.74) is 8.54. The standard InChI is InChI=1S/C15H16ClFN2/c1-19(10-11-2-5-13(17)6-3-11)15-7-4-12(9-18)8-14(15)16/h2-8H,9-10,18H2,1H3. The first-order valence-electron chi connectivity index (χ1n) is 6.04. The quantitative estimate of drug-likeness (QED) is 0.926. The topological polar surface area (TPSA) is 29.3 Å². The highest BCUT2D eigenvalue weighted by Gasteiger charge is 2.07. The Kier molecular flexibility index (Phi) is 4.40. The second kappa shape index (κ2) is 6.04. The molecular weight excluding hydrogens is 263 g/mol. The third-order valence-electron chi connectivity index (χ3n) is 2.99. The minimum Gasteiger partial charge on any atom is -0.369 e. The van der Waals surface area contributed by atoms with Crippen molar-refractivity contribution in [3.63, 3.8) is 0 Å². The second-order valence-electron chi connectivity index (χ2n) is 4.47. The number of hydrogen-bond acceptors (Lipinski definition) is 2. The minimum absolute atomic E-state index is 0.225. The largest absolute Gasteiger partial charge is 0.369 e. The second-order valence-corrected chi connectivity index (χ2v) is 4.88. The Morgan fingerprint density at radius 1 is 1.11 bits per heavy atom. The van der Waals surface area contributed by atoms with Gasteiger partial charge in [-0.3, -0.25) is 0 Å². The van der Waals surface area contributed by atoms with Gasteiger partial charge in [0.25, 0.3) is 0 Å². The van der Waals surface area contributed by atoms with E-state index >= 15 is 0 Å². The predicted molar refractivity (Wildman–Crippen MR) is 77.9 cm³/mol. The Labute approximate surface area is 117 Å². The third kappa shape index (κ3) is 3.46. The van der Waals surface area contributed by atoms with Gasteiger partial charge in [0.05, 0.1) is 10.7 Å². The molecule has 0 radical (unpaired) electrons. The van der Waals surface area contributed by atoms with Gasteiger partial charge in [0.1, 0.15) is 5.82 Å². The van der Waals surface area contributed by atoms with Crippen LogP contribution in [-0.4, -0.2) is 7.05 Å². The van der Waals surface area contributed by atoms with Crippen molar-refractivity contribution in [2.45, 2.75) is 13.1 Å². The Bertz CT molecular complexity index is 555. The van der Waals surface area contributed by atoms with Crippen molar-refractivity contribution in [1.29, 1.82) is 0 Å². The van der Waals surface area contributed by atoms with Crippen LogP contribution in [0.25, 0.3) is 0 Å². The molecule has 0 aliphatic heterocycles. The summed E-state index contributed by atoms with van der Waals surface area (Å²) in [7, 11) is 1.95. The molecule has 100 valence electrons. The van der Waals surface area contributed by atoms with Crippen LogP contribution in [0.3, 0.4) is 0 Å². The lowest BCUT2D eigenvalue weighted by atomic mass is 10.1. The molecule has 19 heavy (non-hydrogen) atoms. The first-order valence-corrected chi connectivity index (χ1v) is 6.42. The molecule has 0 bridgehead atoms. The van der Waals surface area contributed by atoms with Gasteiger partial charge in [0, 0.05) is 20.1 Å². The maximum atomic E-state index is 12.8. The summed E-state index contributed by atoms with van der Waals surface area (Å²) >= 11 is 6.24. The average Bonchev–Trinajstić information content (AvgIpc) is 2.41. The van der Waals surface area contributed by atoms with Gasteiger partial charge in [-0.1, -0.05) is 29.8 Å². The molecule has 0 saturated heterocycles. The summed E-state index contributed by atoms with van der Waals surface area (Å²) < 4.78 is 12.8. The van der Waals surface area contributed by atoms with E-state index in [-0.39, 0.29) is 5.82 Å². The van der Waals surface area contributed by atoms with Crippen molar-refractivity contribution >= 4 is 17.3 Å². The van der Waals surface area contributed by atoms with Gasteiger partial charge in [-0.2, -0.15) is 0 Å². The highest BCUT2D eigenvalue weighted by atomic mass is 35.5. The van der Waals surface area contributed by atoms with Crippen molar-refractivity contribution in [2.24, 2.45) is 5.73 Å². The van der Waals surface area contributed by atoms with Gasteiger partial charge in [-0.15, -0.1) is 0 Å². The monoisotopic (exact) mass is 278 g/mol. The summed E-state index contributed by atoms with van der Waals surface area (Å²) in [5.74, 6) is -0.225. The average molecular weight is 279 g/mol. The van der Waals surface area contributed by atoms with Crippen LogP contribution in [0.4, 0.5) is 10.1 Å². The molecule has 0 spiro atoms. The van der Waals surface area contributed by atoms with E-state index in [9.17, 15) is 4.39 Å². The maximum absolute atomic E-state index is 12.8. The molecule has 0 aliphatic carbocycles. The van der Waals surface area contributed by atoms with E-state index in [0.29, 0.717) is 18.1 Å². The fourth-order valence-corrected chi connectivity index (χ4v) is 2.28. The van der Waals surface area contributed by atoms with Gasteiger partial charge < -0.3 is 10.6 Å². The number of halogens is 2. The molecule has 2 nitrogen and oxygen atoms in total. The van der Waals surface area contributed by atoms with Crippen LogP contribution in [0.2, 0.25) is 5.02 Å². The highest BCUT2D eigenvalue weighted by Crippen LogP contribution is 2.27. The number of nitrogens with two attached hydrogens (primary N) is 1. The van der Waals surface area contributed by atoms with Crippen LogP contribution in [0, 0.1) is 5.82 Å². The van der Waals surface area contributed by atoms with Gasteiger partial charge in [-0.05, 0) is 35.4 Å². The Balaban J connectivity index is 2.15. The lowest BCUT2D eigenvalue weighted by Crippen LogP contribution is -2.17. The van der Waals surface area contributed by atoms with Crippen LogP contribution in [-0.2, 0) is 13.1 Å². The van der Waals surface area contributed by atoms with Gasteiger partial charge in [0.15, 0.2) is 0 Å². The zero-order valence-electron chi connectivity index (χ0n) is 10.7. The molecule has 2 aromatic rings. The van der Waals surface area contributed by atoms with E-state index in [4.69, 9.17) is 17.3 Å². The van der Waals surface area contributed by atoms with E-state index < -0.39 is 0 Å². The van der Waals surface area contributed by atoms with E-state index in [1.54, 1.807) is 12.1 Å². The van der Waals surface area contributed by atoms with Crippen LogP contribution in [0.1, 0.15) is 11.1 Å². The van der Waals surface area contributed by atoms with Crippen molar-refractivity contribution in [1.82, 2.24) is 0 Å². The normalized spacial score (nSPS) is 10.5. The summed E-state index contributed by atoms with van der Waals surface area (Å²) in [6.45, 7) is 1.14. The van der Waals surface area contributed by atoms with Crippen LogP contribution in [0.15, 0.2) is 42.5 Å². The van der Waals surface area contributed by atoms with Crippen LogP contribution >= 0.6 is 11.6 Å². The van der Waals surface area contributed by atoms with Crippen molar-refractivity contribution in [3.8, 4) is 0 Å². The zero-order chi connectivity index (χ0) is 13.8. The smallest absolute Gasteiger partial charge is 0.123 e. The van der Waals surface area contributed by atoms with E-state index in [1.807, 2.05) is 30.1 Å². The summed E-state index contributed by atoms with van der Waals surface area (Å²) in [5, 5.41) is 0.674. The Hall–Kier alpha value is -1.58. The van der Waals surface area contributed by atoms with Gasteiger partial charge in [-0.25, -0.2) is 4.39 Å². The molecule has 0 fully saturated rings. The molecule has 0 aromatic heterocycles. The number of rotatable bonds is 4. The molecule has 0 amide bonds. The minimum atomic E-state index is -0.225. The fraction of sp³-hybridized carbons (Fsp3) is 0.200. The molecule has 4 heteroatoms. The molecule has 2 aromatic carbocycles. The van der Waals surface area contributed by atoms with E-state index in [2.05, 4.69) is 0 Å². The van der Waals surface area contributed by atoms with Crippen LogP contribution < -0.4 is 10.6 Å². The highest BCUT2D eigenvalue weighted by molar-refractivity contribution is 6.33. The lowest BCUT2D eigenvalue weighted by Gasteiger charge is -2.21. The van der Waals surface area contributed by atoms with Crippen molar-refractivity contribution < 1.29 is 4.39 Å². The fourth-order valence-electron chi connectivity index (χ4n) is 1.94. The summed E-state index contributed by atoms with van der Waals surface area (Å²) in [6, 6.07) is 12.3. The number of nitrogens with zero attached hydrogens (tertiary/aromatic N) is 1. The number of benzene rings is 2. The molecule has 0 aliphatic rings. The Morgan fingerprint density at radius 2 is 1.74 bits per heavy atom. The molecule has 0 saturated carbocycles. The lowest BCUT2D eigenvalue weighted by molar-refractivity contribution is 0.627. The van der Waals surface area contributed by atoms with Crippen molar-refractivity contribution in [3.05, 3.63) is 64.4 Å². The maximum Gasteiger partial charge on any atom is 0.123 e. The number of hydrogen-bond donors (Lipinski definition) is 1. The molecule has 0 unspecified atom stereocenters. The SMILES string of the molecule is CN(Cc1ccc(F)cc1)c1ccc(CN)cc1Cl. The van der Waals surface area contributed by atoms with Crippen molar-refractivity contribution in [2.75, 3.05) is 11.9 Å². The zero-order valence-corrected chi connectivity index (χ0v) is 11.5.